The Morgan fingerprint density at radius 2 is 1.96 bits per heavy atom. The van der Waals surface area contributed by atoms with Crippen LogP contribution in [0.4, 0.5) is 17.1 Å². The van der Waals surface area contributed by atoms with Crippen LogP contribution in [0.2, 0.25) is 0 Å². The number of anilines is 3. The Kier molecular flexibility index (Phi) is 4.81. The molecule has 3 aromatic rings. The van der Waals surface area contributed by atoms with E-state index in [0.29, 0.717) is 35.0 Å². The number of nitrogens with zero attached hydrogens (tertiary/aromatic N) is 2. The average Bonchev–Trinajstić information content (AvgIpc) is 2.64. The lowest BCUT2D eigenvalue weighted by molar-refractivity contribution is 0.342. The van der Waals surface area contributed by atoms with Crippen molar-refractivity contribution in [1.29, 1.82) is 5.26 Å². The number of benzene rings is 2. The van der Waals surface area contributed by atoms with Gasteiger partial charge in [-0.25, -0.2) is 0 Å². The number of pyridine rings is 1. The predicted molar refractivity (Wildman–Crippen MR) is 103 cm³/mol. The third-order valence-corrected chi connectivity index (χ3v) is 4.07. The third kappa shape index (κ3) is 3.20. The van der Waals surface area contributed by atoms with Gasteiger partial charge < -0.3 is 20.5 Å². The van der Waals surface area contributed by atoms with Gasteiger partial charge in [0.25, 0.3) is 0 Å². The molecular weight excluding hydrogens is 328 g/mol. The van der Waals surface area contributed by atoms with Gasteiger partial charge in [0.1, 0.15) is 17.6 Å². The van der Waals surface area contributed by atoms with Crippen LogP contribution in [-0.4, -0.2) is 18.7 Å². The number of hydrogen-bond donors (Lipinski definition) is 2. The molecule has 2 aromatic carbocycles. The Morgan fingerprint density at radius 3 is 2.58 bits per heavy atom. The minimum atomic E-state index is 0.483. The number of rotatable bonds is 5. The lowest BCUT2D eigenvalue weighted by Gasteiger charge is -2.15. The molecule has 0 aliphatic rings. The van der Waals surface area contributed by atoms with Crippen molar-refractivity contribution in [1.82, 2.24) is 4.98 Å². The molecule has 0 atom stereocenters. The van der Waals surface area contributed by atoms with Gasteiger partial charge in [-0.2, -0.15) is 5.26 Å². The Labute approximate surface area is 152 Å². The first-order valence-electron chi connectivity index (χ1n) is 8.25. The third-order valence-electron chi connectivity index (χ3n) is 4.07. The summed E-state index contributed by atoms with van der Waals surface area (Å²) in [6.45, 7) is 4.23. The maximum absolute atomic E-state index is 9.62. The summed E-state index contributed by atoms with van der Waals surface area (Å²) in [5.41, 5.74) is 9.98. The lowest BCUT2D eigenvalue weighted by atomic mass is 10.1. The summed E-state index contributed by atoms with van der Waals surface area (Å²) >= 11 is 0. The van der Waals surface area contributed by atoms with Crippen molar-refractivity contribution < 1.29 is 9.47 Å². The largest absolute Gasteiger partial charge is 0.497 e. The van der Waals surface area contributed by atoms with Crippen molar-refractivity contribution in [3.63, 3.8) is 0 Å². The summed E-state index contributed by atoms with van der Waals surface area (Å²) in [6, 6.07) is 13.3. The number of fused-ring (bicyclic) bond motifs is 1. The molecular formula is C20H20N4O2. The smallest absolute Gasteiger partial charge is 0.144 e. The van der Waals surface area contributed by atoms with E-state index in [2.05, 4.69) is 16.4 Å². The van der Waals surface area contributed by atoms with E-state index < -0.39 is 0 Å². The van der Waals surface area contributed by atoms with Gasteiger partial charge in [0.05, 0.1) is 41.9 Å². The first-order chi connectivity index (χ1) is 12.6. The van der Waals surface area contributed by atoms with Gasteiger partial charge in [-0.15, -0.1) is 0 Å². The van der Waals surface area contributed by atoms with Gasteiger partial charge in [-0.05, 0) is 44.2 Å². The summed E-state index contributed by atoms with van der Waals surface area (Å²) in [7, 11) is 1.62. The van der Waals surface area contributed by atoms with Crippen LogP contribution in [0.15, 0.2) is 36.4 Å². The molecule has 0 unspecified atom stereocenters. The number of methoxy groups -OCH3 is 1. The van der Waals surface area contributed by atoms with E-state index in [4.69, 9.17) is 15.2 Å². The van der Waals surface area contributed by atoms with E-state index in [0.717, 1.165) is 22.3 Å². The Balaban J connectivity index is 2.17. The minimum Gasteiger partial charge on any atom is -0.497 e. The lowest BCUT2D eigenvalue weighted by Crippen LogP contribution is -2.02. The van der Waals surface area contributed by atoms with E-state index in [1.54, 1.807) is 13.2 Å². The second-order valence-corrected chi connectivity index (χ2v) is 5.75. The van der Waals surface area contributed by atoms with Crippen LogP contribution in [0.3, 0.4) is 0 Å². The summed E-state index contributed by atoms with van der Waals surface area (Å²) < 4.78 is 10.7. The zero-order chi connectivity index (χ0) is 18.7. The fourth-order valence-electron chi connectivity index (χ4n) is 2.80. The molecule has 3 rings (SSSR count). The highest BCUT2D eigenvalue weighted by Gasteiger charge is 2.15. The van der Waals surface area contributed by atoms with E-state index in [1.165, 1.54) is 0 Å². The molecule has 0 bridgehead atoms. The fourth-order valence-corrected chi connectivity index (χ4v) is 2.80. The van der Waals surface area contributed by atoms with Gasteiger partial charge in [-0.3, -0.25) is 4.98 Å². The molecule has 0 aliphatic carbocycles. The van der Waals surface area contributed by atoms with Gasteiger partial charge >= 0.3 is 0 Å². The summed E-state index contributed by atoms with van der Waals surface area (Å²) in [6.07, 6.45) is 0. The first-order valence-corrected chi connectivity index (χ1v) is 8.25. The maximum Gasteiger partial charge on any atom is 0.144 e. The summed E-state index contributed by atoms with van der Waals surface area (Å²) in [5, 5.41) is 13.7. The standard InChI is InChI=1S/C20H20N4O2/c1-4-26-19-10-18-15(9-17(19)22)20(16(11-21)12(2)23-18)24-13-5-7-14(25-3)8-6-13/h5-10H,4,22H2,1-3H3,(H,23,24). The predicted octanol–water partition coefficient (Wildman–Crippen LogP) is 4.15. The second-order valence-electron chi connectivity index (χ2n) is 5.75. The number of nitriles is 1. The van der Waals surface area contributed by atoms with Gasteiger partial charge in [0, 0.05) is 17.1 Å². The molecule has 6 nitrogen and oxygen atoms in total. The molecule has 3 N–H and O–H groups in total. The molecule has 1 heterocycles. The molecule has 26 heavy (non-hydrogen) atoms. The van der Waals surface area contributed by atoms with Crippen LogP contribution in [0.25, 0.3) is 10.9 Å². The van der Waals surface area contributed by atoms with Crippen LogP contribution >= 0.6 is 0 Å². The molecule has 0 saturated heterocycles. The number of aromatic nitrogens is 1. The molecule has 0 spiro atoms. The van der Waals surface area contributed by atoms with Crippen LogP contribution in [0.1, 0.15) is 18.2 Å². The number of nitrogen functional groups attached to an aromatic ring is 1. The SMILES string of the molecule is CCOc1cc2nc(C)c(C#N)c(Nc3ccc(OC)cc3)c2cc1N. The van der Waals surface area contributed by atoms with Crippen LogP contribution in [0.5, 0.6) is 11.5 Å². The van der Waals surface area contributed by atoms with Gasteiger partial charge in [0.2, 0.25) is 0 Å². The highest BCUT2D eigenvalue weighted by Crippen LogP contribution is 2.36. The Bertz CT molecular complexity index is 992. The quantitative estimate of drug-likeness (QED) is 0.673. The molecule has 0 amide bonds. The second kappa shape index (κ2) is 7.19. The Morgan fingerprint density at radius 1 is 1.23 bits per heavy atom. The molecule has 6 heteroatoms. The van der Waals surface area contributed by atoms with Gasteiger partial charge in [0.15, 0.2) is 0 Å². The zero-order valence-corrected chi connectivity index (χ0v) is 15.0. The van der Waals surface area contributed by atoms with Crippen LogP contribution < -0.4 is 20.5 Å². The van der Waals surface area contributed by atoms with Crippen molar-refractivity contribution in [2.75, 3.05) is 24.8 Å². The van der Waals surface area contributed by atoms with E-state index in [9.17, 15) is 5.26 Å². The topological polar surface area (TPSA) is 93.2 Å². The molecule has 0 fully saturated rings. The molecule has 1 aromatic heterocycles. The van der Waals surface area contributed by atoms with Crippen molar-refractivity contribution in [3.8, 4) is 17.6 Å². The normalized spacial score (nSPS) is 10.4. The number of ether oxygens (including phenoxy) is 2. The van der Waals surface area contributed by atoms with Crippen molar-refractivity contribution >= 4 is 28.0 Å². The average molecular weight is 348 g/mol. The fraction of sp³-hybridized carbons (Fsp3) is 0.200. The minimum absolute atomic E-state index is 0.483. The highest BCUT2D eigenvalue weighted by atomic mass is 16.5. The van der Waals surface area contributed by atoms with Crippen molar-refractivity contribution in [2.45, 2.75) is 13.8 Å². The van der Waals surface area contributed by atoms with E-state index in [-0.39, 0.29) is 0 Å². The summed E-state index contributed by atoms with van der Waals surface area (Å²) in [5.74, 6) is 1.35. The van der Waals surface area contributed by atoms with Crippen LogP contribution in [0, 0.1) is 18.3 Å². The van der Waals surface area contributed by atoms with Gasteiger partial charge in [-0.1, -0.05) is 0 Å². The Hall–Kier alpha value is -3.46. The number of nitrogens with two attached hydrogens (primary N) is 1. The molecule has 0 radical (unpaired) electrons. The number of nitrogens with one attached hydrogen (secondary N) is 1. The first kappa shape index (κ1) is 17.4. The van der Waals surface area contributed by atoms with Crippen molar-refractivity contribution in [2.24, 2.45) is 0 Å². The number of aryl methyl sites for hydroxylation is 1. The zero-order valence-electron chi connectivity index (χ0n) is 15.0. The molecule has 0 aliphatic heterocycles. The maximum atomic E-state index is 9.62. The monoisotopic (exact) mass is 348 g/mol. The van der Waals surface area contributed by atoms with E-state index >= 15 is 0 Å². The molecule has 132 valence electrons. The highest BCUT2D eigenvalue weighted by molar-refractivity contribution is 5.99. The number of hydrogen-bond acceptors (Lipinski definition) is 6. The van der Waals surface area contributed by atoms with E-state index in [1.807, 2.05) is 44.2 Å². The molecule has 0 saturated carbocycles. The van der Waals surface area contributed by atoms with Crippen LogP contribution in [-0.2, 0) is 0 Å². The van der Waals surface area contributed by atoms with Crippen molar-refractivity contribution in [3.05, 3.63) is 47.7 Å². The summed E-state index contributed by atoms with van der Waals surface area (Å²) in [4.78, 5) is 4.54.